The van der Waals surface area contributed by atoms with Gasteiger partial charge in [0.05, 0.1) is 0 Å². The number of phenolic OH excluding ortho intramolecular Hbond substituents is 3. The van der Waals surface area contributed by atoms with Gasteiger partial charge in [-0.1, -0.05) is 0 Å². The van der Waals surface area contributed by atoms with Gasteiger partial charge in [0.15, 0.2) is 0 Å². The van der Waals surface area contributed by atoms with Gasteiger partial charge in [-0.05, 0) is 130 Å². The average molecular weight is 547 g/mol. The molecule has 0 aliphatic rings. The predicted octanol–water partition coefficient (Wildman–Crippen LogP) is 7.29. The third-order valence-corrected chi connectivity index (χ3v) is 6.56. The molecule has 0 atom stereocenters. The van der Waals surface area contributed by atoms with Gasteiger partial charge in [-0.2, -0.15) is 0 Å². The van der Waals surface area contributed by atoms with Crippen molar-refractivity contribution in [1.29, 1.82) is 0 Å². The van der Waals surface area contributed by atoms with E-state index in [0.717, 1.165) is 49.5 Å². The molecule has 40 heavy (non-hydrogen) atoms. The summed E-state index contributed by atoms with van der Waals surface area (Å²) in [6, 6.07) is 17.1. The lowest BCUT2D eigenvalue weighted by atomic mass is 10.1. The number of aromatic hydroxyl groups is 3. The van der Waals surface area contributed by atoms with Crippen LogP contribution in [-0.4, -0.2) is 47.6 Å². The molecule has 3 heterocycles. The second kappa shape index (κ2) is 12.8. The Morgan fingerprint density at radius 2 is 0.675 bits per heavy atom. The van der Waals surface area contributed by atoms with Crippen LogP contribution in [0, 0.1) is 41.5 Å². The zero-order chi connectivity index (χ0) is 28.3. The SMILES string of the molecule is Cc1cc(O)c2nccc(C)c2c1.Cc1cc(O)c2nccc(C)c2c1.Cc1cc(O)c2nccc(C)c2c1.[Al]. The van der Waals surface area contributed by atoms with Crippen LogP contribution in [0.1, 0.15) is 33.4 Å². The van der Waals surface area contributed by atoms with Gasteiger partial charge in [0.1, 0.15) is 33.8 Å². The van der Waals surface area contributed by atoms with Crippen molar-refractivity contribution in [2.75, 3.05) is 0 Å². The van der Waals surface area contributed by atoms with Crippen molar-refractivity contribution in [1.82, 2.24) is 15.0 Å². The fourth-order valence-corrected chi connectivity index (χ4v) is 4.53. The molecule has 6 rings (SSSR count). The maximum Gasteiger partial charge on any atom is 0.142 e. The number of benzene rings is 3. The van der Waals surface area contributed by atoms with Gasteiger partial charge in [0.2, 0.25) is 0 Å². The molecule has 3 N–H and O–H groups in total. The van der Waals surface area contributed by atoms with Gasteiger partial charge >= 0.3 is 0 Å². The largest absolute Gasteiger partial charge is 0.506 e. The first-order chi connectivity index (χ1) is 18.5. The number of hydrogen-bond donors (Lipinski definition) is 3. The maximum absolute atomic E-state index is 9.61. The first-order valence-corrected chi connectivity index (χ1v) is 12.7. The van der Waals surface area contributed by atoms with Crippen LogP contribution in [0.25, 0.3) is 32.7 Å². The van der Waals surface area contributed by atoms with E-state index >= 15 is 0 Å². The van der Waals surface area contributed by atoms with Crippen molar-refractivity contribution in [3.8, 4) is 17.2 Å². The molecule has 0 saturated heterocycles. The third-order valence-electron chi connectivity index (χ3n) is 6.56. The van der Waals surface area contributed by atoms with Crippen molar-refractivity contribution in [2.45, 2.75) is 41.5 Å². The Kier molecular flexibility index (Phi) is 9.70. The molecule has 0 spiro atoms. The smallest absolute Gasteiger partial charge is 0.142 e. The first kappa shape index (κ1) is 30.4. The highest BCUT2D eigenvalue weighted by atomic mass is 27.0. The Morgan fingerprint density at radius 1 is 0.425 bits per heavy atom. The summed E-state index contributed by atoms with van der Waals surface area (Å²) in [7, 11) is 0. The average Bonchev–Trinajstić information content (AvgIpc) is 2.87. The van der Waals surface area contributed by atoms with E-state index in [-0.39, 0.29) is 34.6 Å². The Hall–Kier alpha value is -4.18. The quantitative estimate of drug-likeness (QED) is 0.173. The molecule has 3 aromatic heterocycles. The summed E-state index contributed by atoms with van der Waals surface area (Å²) in [5, 5.41) is 31.9. The first-order valence-electron chi connectivity index (χ1n) is 12.7. The summed E-state index contributed by atoms with van der Waals surface area (Å²) < 4.78 is 0. The number of nitrogens with zero attached hydrogens (tertiary/aromatic N) is 3. The maximum atomic E-state index is 9.61. The molecular weight excluding hydrogens is 513 g/mol. The molecule has 0 saturated carbocycles. The second-order valence-electron chi connectivity index (χ2n) is 9.92. The number of fused-ring (bicyclic) bond motifs is 3. The predicted molar refractivity (Wildman–Crippen MR) is 164 cm³/mol. The molecule has 201 valence electrons. The van der Waals surface area contributed by atoms with Gasteiger partial charge in [0, 0.05) is 52.1 Å². The summed E-state index contributed by atoms with van der Waals surface area (Å²) in [5.41, 5.74) is 8.65. The summed E-state index contributed by atoms with van der Waals surface area (Å²) in [6.45, 7) is 11.9. The highest BCUT2D eigenvalue weighted by Crippen LogP contribution is 2.28. The molecular formula is C33H33AlN3O3. The van der Waals surface area contributed by atoms with E-state index in [4.69, 9.17) is 0 Å². The zero-order valence-corrected chi connectivity index (χ0v) is 24.8. The highest BCUT2D eigenvalue weighted by molar-refractivity contribution is 5.89. The number of phenols is 3. The number of rotatable bonds is 0. The van der Waals surface area contributed by atoms with Crippen LogP contribution >= 0.6 is 0 Å². The van der Waals surface area contributed by atoms with E-state index in [9.17, 15) is 15.3 Å². The van der Waals surface area contributed by atoms with E-state index < -0.39 is 0 Å². The van der Waals surface area contributed by atoms with Crippen LogP contribution in [0.15, 0.2) is 73.2 Å². The molecule has 0 aliphatic carbocycles. The Labute approximate surface area is 245 Å². The van der Waals surface area contributed by atoms with Crippen molar-refractivity contribution < 1.29 is 15.3 Å². The fraction of sp³-hybridized carbons (Fsp3) is 0.182. The van der Waals surface area contributed by atoms with Crippen LogP contribution in [-0.2, 0) is 0 Å². The number of aryl methyl sites for hydroxylation is 6. The van der Waals surface area contributed by atoms with Gasteiger partial charge in [-0.25, -0.2) is 0 Å². The molecule has 0 fully saturated rings. The van der Waals surface area contributed by atoms with Crippen LogP contribution < -0.4 is 0 Å². The lowest BCUT2D eigenvalue weighted by Crippen LogP contribution is -1.84. The summed E-state index contributed by atoms with van der Waals surface area (Å²) in [6.07, 6.45) is 5.14. The van der Waals surface area contributed by atoms with Crippen molar-refractivity contribution >= 4 is 50.1 Å². The highest BCUT2D eigenvalue weighted by Gasteiger charge is 2.05. The third kappa shape index (κ3) is 6.69. The summed E-state index contributed by atoms with van der Waals surface area (Å²) in [4.78, 5) is 12.4. The van der Waals surface area contributed by atoms with Gasteiger partial charge in [0.25, 0.3) is 0 Å². The van der Waals surface area contributed by atoms with Gasteiger partial charge in [-0.15, -0.1) is 0 Å². The van der Waals surface area contributed by atoms with Gasteiger partial charge < -0.3 is 15.3 Å². The fourth-order valence-electron chi connectivity index (χ4n) is 4.53. The van der Waals surface area contributed by atoms with Crippen LogP contribution in [0.2, 0.25) is 0 Å². The van der Waals surface area contributed by atoms with E-state index in [1.165, 1.54) is 0 Å². The Bertz CT molecular complexity index is 1610. The minimum absolute atomic E-state index is 0. The number of aromatic nitrogens is 3. The summed E-state index contributed by atoms with van der Waals surface area (Å²) >= 11 is 0. The molecule has 6 nitrogen and oxygen atoms in total. The minimum Gasteiger partial charge on any atom is -0.506 e. The topological polar surface area (TPSA) is 99.4 Å². The second-order valence-corrected chi connectivity index (χ2v) is 9.92. The van der Waals surface area contributed by atoms with Crippen molar-refractivity contribution in [2.24, 2.45) is 0 Å². The minimum atomic E-state index is 0. The molecule has 0 bridgehead atoms. The zero-order valence-electron chi connectivity index (χ0n) is 23.7. The van der Waals surface area contributed by atoms with E-state index in [1.807, 2.05) is 77.9 Å². The van der Waals surface area contributed by atoms with Crippen molar-refractivity contribution in [3.63, 3.8) is 0 Å². The molecule has 3 radical (unpaired) electrons. The Morgan fingerprint density at radius 3 is 0.925 bits per heavy atom. The standard InChI is InChI=1S/3C11H11NO.Al/c3*1-7-5-9-8(2)3-4-12-11(9)10(13)6-7;/h3*3-6,13H,1-2H3;. The molecule has 0 unspecified atom stereocenters. The van der Waals surface area contributed by atoms with Gasteiger partial charge in [-0.3, -0.25) is 15.0 Å². The monoisotopic (exact) mass is 546 g/mol. The van der Waals surface area contributed by atoms with E-state index in [0.29, 0.717) is 16.6 Å². The molecule has 0 amide bonds. The van der Waals surface area contributed by atoms with Crippen LogP contribution in [0.3, 0.4) is 0 Å². The van der Waals surface area contributed by atoms with Crippen LogP contribution in [0.4, 0.5) is 0 Å². The normalized spacial score (nSPS) is 10.3. The Balaban J connectivity index is 0.000000163. The summed E-state index contributed by atoms with van der Waals surface area (Å²) in [5.74, 6) is 0.788. The molecule has 6 aromatic rings. The lowest BCUT2D eigenvalue weighted by molar-refractivity contribution is 0.479. The number of hydrogen-bond acceptors (Lipinski definition) is 6. The van der Waals surface area contributed by atoms with Crippen LogP contribution in [0.5, 0.6) is 17.2 Å². The lowest BCUT2D eigenvalue weighted by Gasteiger charge is -2.04. The molecule has 0 aliphatic heterocycles. The van der Waals surface area contributed by atoms with E-state index in [1.54, 1.807) is 36.8 Å². The number of pyridine rings is 3. The van der Waals surface area contributed by atoms with E-state index in [2.05, 4.69) is 15.0 Å². The molecule has 7 heteroatoms. The van der Waals surface area contributed by atoms with Crippen molar-refractivity contribution in [3.05, 3.63) is 107 Å². The molecule has 3 aromatic carbocycles.